The lowest BCUT2D eigenvalue weighted by Gasteiger charge is -2.22. The lowest BCUT2D eigenvalue weighted by atomic mass is 10.3. The third-order valence-corrected chi connectivity index (χ3v) is 1.53. The third-order valence-electron chi connectivity index (χ3n) is 1.53. The summed E-state index contributed by atoms with van der Waals surface area (Å²) in [6, 6.07) is 10.5. The van der Waals surface area contributed by atoms with Gasteiger partial charge in [0, 0.05) is 0 Å². The average molecular weight is 205 g/mol. The zero-order valence-electron chi connectivity index (χ0n) is 8.49. The highest BCUT2D eigenvalue weighted by atomic mass is 31.0. The SMILES string of the molecule is C[N+](C)(C)c1ccccc1.O.P.[OH-]. The van der Waals surface area contributed by atoms with Crippen molar-refractivity contribution < 1.29 is 11.0 Å². The fourth-order valence-electron chi connectivity index (χ4n) is 0.875. The molecule has 0 bridgehead atoms. The summed E-state index contributed by atoms with van der Waals surface area (Å²) < 4.78 is 0.890. The van der Waals surface area contributed by atoms with Crippen LogP contribution in [0.15, 0.2) is 30.3 Å². The first-order chi connectivity index (χ1) is 4.61. The molecule has 1 aromatic carbocycles. The summed E-state index contributed by atoms with van der Waals surface area (Å²) in [4.78, 5) is 0. The molecule has 0 aromatic heterocycles. The van der Waals surface area contributed by atoms with Gasteiger partial charge in [-0.1, -0.05) is 18.2 Å². The largest absolute Gasteiger partial charge is 0.870 e. The van der Waals surface area contributed by atoms with E-state index in [-0.39, 0.29) is 20.9 Å². The Balaban J connectivity index is -0.000000333. The van der Waals surface area contributed by atoms with E-state index < -0.39 is 0 Å². The van der Waals surface area contributed by atoms with E-state index in [1.807, 2.05) is 6.07 Å². The summed E-state index contributed by atoms with van der Waals surface area (Å²) >= 11 is 0. The van der Waals surface area contributed by atoms with Crippen molar-refractivity contribution in [3.63, 3.8) is 0 Å². The van der Waals surface area contributed by atoms with Crippen molar-refractivity contribution >= 4 is 15.6 Å². The van der Waals surface area contributed by atoms with Crippen LogP contribution in [-0.4, -0.2) is 32.1 Å². The van der Waals surface area contributed by atoms with Gasteiger partial charge in [0.2, 0.25) is 0 Å². The second-order valence-electron chi connectivity index (χ2n) is 3.35. The van der Waals surface area contributed by atoms with E-state index in [4.69, 9.17) is 0 Å². The van der Waals surface area contributed by atoms with Crippen LogP contribution < -0.4 is 4.48 Å². The number of para-hydroxylation sites is 1. The van der Waals surface area contributed by atoms with Gasteiger partial charge in [0.15, 0.2) is 0 Å². The van der Waals surface area contributed by atoms with Gasteiger partial charge in [0.1, 0.15) is 5.69 Å². The van der Waals surface area contributed by atoms with Crippen LogP contribution in [-0.2, 0) is 0 Å². The molecule has 0 spiro atoms. The first-order valence-corrected chi connectivity index (χ1v) is 3.48. The van der Waals surface area contributed by atoms with Gasteiger partial charge >= 0.3 is 0 Å². The van der Waals surface area contributed by atoms with Gasteiger partial charge in [0.05, 0.1) is 21.1 Å². The van der Waals surface area contributed by atoms with E-state index >= 15 is 0 Å². The van der Waals surface area contributed by atoms with Crippen LogP contribution in [0.3, 0.4) is 0 Å². The summed E-state index contributed by atoms with van der Waals surface area (Å²) in [6.07, 6.45) is 0. The van der Waals surface area contributed by atoms with Gasteiger partial charge in [-0.05, 0) is 12.1 Å². The molecule has 0 amide bonds. The van der Waals surface area contributed by atoms with Crippen molar-refractivity contribution in [1.29, 1.82) is 0 Å². The van der Waals surface area contributed by atoms with E-state index in [1.54, 1.807) is 0 Å². The molecule has 0 aliphatic rings. The molecule has 1 rings (SSSR count). The minimum Gasteiger partial charge on any atom is -0.870 e. The van der Waals surface area contributed by atoms with Crippen LogP contribution in [0.1, 0.15) is 0 Å². The molecule has 4 heteroatoms. The molecule has 1 aromatic rings. The Labute approximate surface area is 83.2 Å². The van der Waals surface area contributed by atoms with Crippen molar-refractivity contribution in [2.24, 2.45) is 0 Å². The normalized spacial score (nSPS) is 8.85. The Bertz CT molecular complexity index is 209. The summed E-state index contributed by atoms with van der Waals surface area (Å²) in [5, 5.41) is 0. The fraction of sp³-hybridized carbons (Fsp3) is 0.333. The molecule has 3 nitrogen and oxygen atoms in total. The molecule has 78 valence electrons. The van der Waals surface area contributed by atoms with Crippen LogP contribution in [0, 0.1) is 0 Å². The predicted molar refractivity (Wildman–Crippen MR) is 62.7 cm³/mol. The zero-order chi connectivity index (χ0) is 7.61. The molecule has 0 saturated heterocycles. The van der Waals surface area contributed by atoms with Crippen molar-refractivity contribution in [3.8, 4) is 0 Å². The van der Waals surface area contributed by atoms with E-state index in [1.165, 1.54) is 5.69 Å². The monoisotopic (exact) mass is 205 g/mol. The molecule has 0 aliphatic carbocycles. The minimum atomic E-state index is 0. The summed E-state index contributed by atoms with van der Waals surface area (Å²) in [6.45, 7) is 0. The number of quaternary nitrogens is 1. The van der Waals surface area contributed by atoms with Gasteiger partial charge in [-0.3, -0.25) is 4.48 Å². The van der Waals surface area contributed by atoms with Crippen LogP contribution in [0.5, 0.6) is 0 Å². The Hall–Kier alpha value is -0.470. The molecular weight excluding hydrogens is 185 g/mol. The van der Waals surface area contributed by atoms with Crippen LogP contribution in [0.2, 0.25) is 0 Å². The molecule has 13 heavy (non-hydrogen) atoms. The van der Waals surface area contributed by atoms with Crippen molar-refractivity contribution in [1.82, 2.24) is 4.48 Å². The highest BCUT2D eigenvalue weighted by Crippen LogP contribution is 2.14. The lowest BCUT2D eigenvalue weighted by molar-refractivity contribution is 0.486. The Kier molecular flexibility index (Phi) is 9.85. The number of hydrogen-bond donors (Lipinski definition) is 0. The Morgan fingerprint density at radius 3 is 1.54 bits per heavy atom. The van der Waals surface area contributed by atoms with Crippen LogP contribution in [0.25, 0.3) is 0 Å². The highest BCUT2D eigenvalue weighted by molar-refractivity contribution is 6.92. The van der Waals surface area contributed by atoms with Crippen molar-refractivity contribution in [2.75, 3.05) is 21.1 Å². The Morgan fingerprint density at radius 1 is 0.923 bits per heavy atom. The maximum Gasteiger partial charge on any atom is 0.132 e. The fourth-order valence-corrected chi connectivity index (χ4v) is 0.875. The first kappa shape index (κ1) is 18.3. The van der Waals surface area contributed by atoms with Gasteiger partial charge in [-0.15, -0.1) is 0 Å². The summed E-state index contributed by atoms with van der Waals surface area (Å²) in [7, 11) is 6.49. The second kappa shape index (κ2) is 6.98. The number of hydrogen-bond acceptors (Lipinski definition) is 1. The molecule has 0 fully saturated rings. The van der Waals surface area contributed by atoms with Crippen LogP contribution >= 0.6 is 9.90 Å². The summed E-state index contributed by atoms with van der Waals surface area (Å²) in [5.74, 6) is 0. The molecule has 1 atom stereocenters. The molecule has 3 N–H and O–H groups in total. The topological polar surface area (TPSA) is 61.5 Å². The van der Waals surface area contributed by atoms with E-state index in [0.29, 0.717) is 0 Å². The van der Waals surface area contributed by atoms with E-state index in [2.05, 4.69) is 45.4 Å². The number of benzene rings is 1. The maximum atomic E-state index is 2.16. The van der Waals surface area contributed by atoms with Gasteiger partial charge in [-0.2, -0.15) is 9.90 Å². The predicted octanol–water partition coefficient (Wildman–Crippen LogP) is 0.940. The van der Waals surface area contributed by atoms with Crippen LogP contribution in [0.4, 0.5) is 5.69 Å². The van der Waals surface area contributed by atoms with Crippen molar-refractivity contribution in [3.05, 3.63) is 30.3 Å². The third kappa shape index (κ3) is 5.72. The standard InChI is InChI=1S/C9H14N.2H2O.H3P/c1-10(2,3)9-7-5-4-6-8-9;;;/h4-8H,1-3H3;2*1H2;1H3/q+1;;;/p-1. The molecular formula is C9H20NO2P. The molecule has 0 heterocycles. The zero-order valence-corrected chi connectivity index (χ0v) is 9.90. The maximum absolute atomic E-state index is 2.16. The molecule has 1 unspecified atom stereocenters. The Morgan fingerprint density at radius 2 is 1.31 bits per heavy atom. The quantitative estimate of drug-likeness (QED) is 0.497. The average Bonchev–Trinajstić information content (AvgIpc) is 1.88. The minimum absolute atomic E-state index is 0. The van der Waals surface area contributed by atoms with E-state index in [0.717, 1.165) is 4.48 Å². The molecule has 0 aliphatic heterocycles. The molecule has 0 radical (unpaired) electrons. The van der Waals surface area contributed by atoms with Gasteiger partial charge in [0.25, 0.3) is 0 Å². The first-order valence-electron chi connectivity index (χ1n) is 3.48. The second-order valence-corrected chi connectivity index (χ2v) is 3.35. The van der Waals surface area contributed by atoms with E-state index in [9.17, 15) is 0 Å². The lowest BCUT2D eigenvalue weighted by Crippen LogP contribution is -2.34. The van der Waals surface area contributed by atoms with Gasteiger partial charge in [-0.25, -0.2) is 0 Å². The van der Waals surface area contributed by atoms with Crippen molar-refractivity contribution in [2.45, 2.75) is 0 Å². The summed E-state index contributed by atoms with van der Waals surface area (Å²) in [5.41, 5.74) is 1.34. The number of rotatable bonds is 1. The highest BCUT2D eigenvalue weighted by Gasteiger charge is 2.08. The molecule has 0 saturated carbocycles. The van der Waals surface area contributed by atoms with Gasteiger partial charge < -0.3 is 11.0 Å². The smallest absolute Gasteiger partial charge is 0.132 e. The number of nitrogens with zero attached hydrogens (tertiary/aromatic N) is 1.